The molecule has 0 atom stereocenters. The highest BCUT2D eigenvalue weighted by atomic mass is 19.4. The number of hydrogen-bond acceptors (Lipinski definition) is 6. The summed E-state index contributed by atoms with van der Waals surface area (Å²) in [6, 6.07) is 9.38. The largest absolute Gasteiger partial charge is 0.497 e. The summed E-state index contributed by atoms with van der Waals surface area (Å²) in [5.74, 6) is 0.993. The molecular formula is C20H19F3N4O4. The van der Waals surface area contributed by atoms with Crippen LogP contribution in [0.5, 0.6) is 11.6 Å². The fourth-order valence-electron chi connectivity index (χ4n) is 2.46. The van der Waals surface area contributed by atoms with Gasteiger partial charge in [-0.25, -0.2) is 14.8 Å². The molecule has 164 valence electrons. The zero-order valence-corrected chi connectivity index (χ0v) is 16.4. The number of carbonyl (C=O) groups is 1. The van der Waals surface area contributed by atoms with E-state index in [2.05, 4.69) is 25.3 Å². The van der Waals surface area contributed by atoms with Gasteiger partial charge in [0.25, 0.3) is 0 Å². The van der Waals surface area contributed by atoms with Crippen molar-refractivity contribution in [3.05, 3.63) is 54.6 Å². The number of oxazole rings is 1. The van der Waals surface area contributed by atoms with Crippen LogP contribution in [0.15, 0.2) is 53.3 Å². The lowest BCUT2D eigenvalue weighted by atomic mass is 10.2. The minimum atomic E-state index is -4.45. The number of anilines is 1. The summed E-state index contributed by atoms with van der Waals surface area (Å²) >= 11 is 0. The van der Waals surface area contributed by atoms with Gasteiger partial charge in [-0.1, -0.05) is 0 Å². The molecule has 2 aromatic heterocycles. The molecule has 0 aliphatic heterocycles. The van der Waals surface area contributed by atoms with Gasteiger partial charge in [-0.3, -0.25) is 0 Å². The highest BCUT2D eigenvalue weighted by Crippen LogP contribution is 2.22. The molecule has 0 spiro atoms. The number of rotatable bonds is 8. The summed E-state index contributed by atoms with van der Waals surface area (Å²) in [6.45, 7) is -1.14. The van der Waals surface area contributed by atoms with Gasteiger partial charge in [0.1, 0.15) is 12.0 Å². The Hall–Kier alpha value is -3.76. The second kappa shape index (κ2) is 9.83. The topological polar surface area (TPSA) is 98.5 Å². The summed E-state index contributed by atoms with van der Waals surface area (Å²) < 4.78 is 51.4. The molecule has 0 aliphatic carbocycles. The van der Waals surface area contributed by atoms with Crippen LogP contribution in [-0.2, 0) is 6.42 Å². The monoisotopic (exact) mass is 436 g/mol. The maximum Gasteiger partial charge on any atom is 0.422 e. The second-order valence-corrected chi connectivity index (χ2v) is 6.29. The lowest BCUT2D eigenvalue weighted by molar-refractivity contribution is -0.154. The van der Waals surface area contributed by atoms with Crippen molar-refractivity contribution in [2.75, 3.05) is 25.6 Å². The van der Waals surface area contributed by atoms with Crippen LogP contribution in [0.4, 0.5) is 23.7 Å². The second-order valence-electron chi connectivity index (χ2n) is 6.29. The van der Waals surface area contributed by atoms with Crippen LogP contribution in [0.1, 0.15) is 5.69 Å². The highest BCUT2D eigenvalue weighted by molar-refractivity contribution is 5.89. The Morgan fingerprint density at radius 2 is 1.94 bits per heavy atom. The molecule has 11 heteroatoms. The Kier molecular flexibility index (Phi) is 6.96. The number of amides is 2. The number of pyridine rings is 1. The highest BCUT2D eigenvalue weighted by Gasteiger charge is 2.28. The number of halogens is 3. The van der Waals surface area contributed by atoms with Gasteiger partial charge in [-0.2, -0.15) is 13.2 Å². The number of urea groups is 1. The third kappa shape index (κ3) is 6.91. The number of hydrogen-bond donors (Lipinski definition) is 2. The van der Waals surface area contributed by atoms with E-state index in [4.69, 9.17) is 9.15 Å². The third-order valence-electron chi connectivity index (χ3n) is 3.93. The molecule has 0 fully saturated rings. The van der Waals surface area contributed by atoms with Gasteiger partial charge < -0.3 is 24.5 Å². The van der Waals surface area contributed by atoms with Crippen LogP contribution < -0.4 is 20.1 Å². The molecule has 0 radical (unpaired) electrons. The van der Waals surface area contributed by atoms with E-state index in [1.54, 1.807) is 19.2 Å². The zero-order valence-electron chi connectivity index (χ0n) is 16.4. The van der Waals surface area contributed by atoms with Crippen LogP contribution in [0.2, 0.25) is 0 Å². The molecule has 8 nitrogen and oxygen atoms in total. The van der Waals surface area contributed by atoms with Crippen LogP contribution in [0, 0.1) is 0 Å². The summed E-state index contributed by atoms with van der Waals surface area (Å²) in [5.41, 5.74) is 1.77. The fourth-order valence-corrected chi connectivity index (χ4v) is 2.46. The first-order valence-electron chi connectivity index (χ1n) is 9.12. The van der Waals surface area contributed by atoms with Crippen molar-refractivity contribution in [3.8, 4) is 23.1 Å². The van der Waals surface area contributed by atoms with E-state index in [0.717, 1.165) is 11.3 Å². The number of nitrogens with one attached hydrogen (secondary N) is 2. The van der Waals surface area contributed by atoms with Gasteiger partial charge in [-0.15, -0.1) is 0 Å². The molecule has 2 heterocycles. The predicted molar refractivity (Wildman–Crippen MR) is 105 cm³/mol. The van der Waals surface area contributed by atoms with E-state index >= 15 is 0 Å². The molecule has 3 aromatic rings. The van der Waals surface area contributed by atoms with E-state index in [9.17, 15) is 18.0 Å². The van der Waals surface area contributed by atoms with E-state index in [-0.39, 0.29) is 5.88 Å². The van der Waals surface area contributed by atoms with E-state index in [1.807, 2.05) is 12.1 Å². The molecule has 0 aliphatic rings. The molecule has 2 N–H and O–H groups in total. The van der Waals surface area contributed by atoms with Crippen molar-refractivity contribution in [1.29, 1.82) is 0 Å². The Labute approximate surface area is 175 Å². The fraction of sp³-hybridized carbons (Fsp3) is 0.250. The lowest BCUT2D eigenvalue weighted by Crippen LogP contribution is -2.30. The standard InChI is InChI=1S/C20H19F3N4O4/c1-29-16-5-2-13(3-6-16)18-26-15(11-30-18)8-9-24-19(28)27-14-4-7-17(25-10-14)31-12-20(21,22)23/h2-7,10-11H,8-9,12H2,1H3,(H2,24,27,28). The average molecular weight is 436 g/mol. The summed E-state index contributed by atoms with van der Waals surface area (Å²) in [7, 11) is 1.58. The van der Waals surface area contributed by atoms with Crippen LogP contribution in [-0.4, -0.2) is 42.4 Å². The van der Waals surface area contributed by atoms with Crippen molar-refractivity contribution in [1.82, 2.24) is 15.3 Å². The van der Waals surface area contributed by atoms with Crippen molar-refractivity contribution < 1.29 is 31.9 Å². The number of ether oxygens (including phenoxy) is 2. The Balaban J connectivity index is 1.42. The van der Waals surface area contributed by atoms with Crippen molar-refractivity contribution in [2.24, 2.45) is 0 Å². The van der Waals surface area contributed by atoms with Crippen molar-refractivity contribution >= 4 is 11.7 Å². The summed E-state index contributed by atoms with van der Waals surface area (Å²) in [4.78, 5) is 20.0. The number of alkyl halides is 3. The van der Waals surface area contributed by atoms with Crippen LogP contribution in [0.25, 0.3) is 11.5 Å². The normalized spacial score (nSPS) is 11.1. The third-order valence-corrected chi connectivity index (χ3v) is 3.93. The van der Waals surface area contributed by atoms with Gasteiger partial charge in [0.2, 0.25) is 11.8 Å². The Bertz CT molecular complexity index is 989. The maximum atomic E-state index is 12.1. The maximum absolute atomic E-state index is 12.1. The number of carbonyl (C=O) groups excluding carboxylic acids is 1. The number of nitrogens with zero attached hydrogens (tertiary/aromatic N) is 2. The Morgan fingerprint density at radius 1 is 1.16 bits per heavy atom. The number of benzene rings is 1. The SMILES string of the molecule is COc1ccc(-c2nc(CCNC(=O)Nc3ccc(OCC(F)(F)F)nc3)co2)cc1. The first-order valence-corrected chi connectivity index (χ1v) is 9.12. The minimum absolute atomic E-state index is 0.193. The molecule has 0 unspecified atom stereocenters. The number of methoxy groups -OCH3 is 1. The molecule has 1 aromatic carbocycles. The zero-order chi connectivity index (χ0) is 22.3. The first-order chi connectivity index (χ1) is 14.8. The molecule has 0 saturated heterocycles. The van der Waals surface area contributed by atoms with Gasteiger partial charge in [0.05, 0.1) is 24.7 Å². The van der Waals surface area contributed by atoms with Crippen molar-refractivity contribution in [3.63, 3.8) is 0 Å². The minimum Gasteiger partial charge on any atom is -0.497 e. The number of aromatic nitrogens is 2. The quantitative estimate of drug-likeness (QED) is 0.553. The summed E-state index contributed by atoms with van der Waals surface area (Å²) in [6.07, 6.45) is -1.29. The predicted octanol–water partition coefficient (Wildman–Crippen LogP) is 4.05. The van der Waals surface area contributed by atoms with E-state index in [1.165, 1.54) is 24.6 Å². The molecule has 31 heavy (non-hydrogen) atoms. The van der Waals surface area contributed by atoms with Gasteiger partial charge in [0, 0.05) is 24.6 Å². The molecule has 0 saturated carbocycles. The summed E-state index contributed by atoms with van der Waals surface area (Å²) in [5, 5.41) is 5.17. The van der Waals surface area contributed by atoms with E-state index in [0.29, 0.717) is 30.2 Å². The van der Waals surface area contributed by atoms with Gasteiger partial charge in [0.15, 0.2) is 6.61 Å². The van der Waals surface area contributed by atoms with Gasteiger partial charge in [-0.05, 0) is 30.3 Å². The van der Waals surface area contributed by atoms with Crippen LogP contribution in [0.3, 0.4) is 0 Å². The molecule has 2 amide bonds. The first kappa shape index (κ1) is 21.9. The van der Waals surface area contributed by atoms with Gasteiger partial charge >= 0.3 is 12.2 Å². The average Bonchev–Trinajstić information content (AvgIpc) is 3.22. The van der Waals surface area contributed by atoms with Crippen molar-refractivity contribution in [2.45, 2.75) is 12.6 Å². The molecular weight excluding hydrogens is 417 g/mol. The molecule has 0 bridgehead atoms. The molecule has 3 rings (SSSR count). The lowest BCUT2D eigenvalue weighted by Gasteiger charge is -2.09. The smallest absolute Gasteiger partial charge is 0.422 e. The van der Waals surface area contributed by atoms with Crippen LogP contribution >= 0.6 is 0 Å². The van der Waals surface area contributed by atoms with E-state index < -0.39 is 18.8 Å². The Morgan fingerprint density at radius 3 is 2.58 bits per heavy atom.